The molecule has 1 aliphatic heterocycles. The van der Waals surface area contributed by atoms with E-state index in [0.29, 0.717) is 17.3 Å². The van der Waals surface area contributed by atoms with Crippen LogP contribution in [0.1, 0.15) is 25.3 Å². The molecule has 0 spiro atoms. The maximum absolute atomic E-state index is 8.86. The van der Waals surface area contributed by atoms with Gasteiger partial charge in [-0.2, -0.15) is 5.26 Å². The molecule has 0 radical (unpaired) electrons. The Morgan fingerprint density at radius 2 is 2.35 bits per heavy atom. The van der Waals surface area contributed by atoms with Crippen LogP contribution < -0.4 is 11.1 Å². The third-order valence-corrected chi connectivity index (χ3v) is 3.03. The minimum absolute atomic E-state index is 0.279. The Labute approximate surface area is 101 Å². The lowest BCUT2D eigenvalue weighted by molar-refractivity contribution is 0.0232. The molecule has 1 aliphatic rings. The number of nitrogens with one attached hydrogen (secondary N) is 1. The van der Waals surface area contributed by atoms with E-state index in [2.05, 4.69) is 18.3 Å². The quantitative estimate of drug-likeness (QED) is 0.765. The molecule has 2 rings (SSSR count). The van der Waals surface area contributed by atoms with Crippen molar-refractivity contribution >= 4 is 11.4 Å². The molecule has 2 atom stereocenters. The lowest BCUT2D eigenvalue weighted by atomic mass is 10.0. The van der Waals surface area contributed by atoms with Crippen molar-refractivity contribution in [1.82, 2.24) is 0 Å². The topological polar surface area (TPSA) is 71.1 Å². The van der Waals surface area contributed by atoms with Crippen molar-refractivity contribution in [2.24, 2.45) is 0 Å². The van der Waals surface area contributed by atoms with E-state index in [1.54, 1.807) is 18.2 Å². The molecule has 2 unspecified atom stereocenters. The summed E-state index contributed by atoms with van der Waals surface area (Å²) in [5.74, 6) is 0. The van der Waals surface area contributed by atoms with Crippen molar-refractivity contribution in [2.75, 3.05) is 17.7 Å². The van der Waals surface area contributed by atoms with Crippen molar-refractivity contribution in [3.05, 3.63) is 23.8 Å². The summed E-state index contributed by atoms with van der Waals surface area (Å²) in [4.78, 5) is 0. The van der Waals surface area contributed by atoms with Gasteiger partial charge in [-0.1, -0.05) is 0 Å². The van der Waals surface area contributed by atoms with Crippen LogP contribution in [0.2, 0.25) is 0 Å². The second-order valence-electron chi connectivity index (χ2n) is 4.46. The predicted molar refractivity (Wildman–Crippen MR) is 67.6 cm³/mol. The highest BCUT2D eigenvalue weighted by atomic mass is 16.5. The Balaban J connectivity index is 2.10. The number of nitrogens with two attached hydrogens (primary N) is 1. The fourth-order valence-electron chi connectivity index (χ4n) is 2.10. The Morgan fingerprint density at radius 1 is 1.53 bits per heavy atom. The van der Waals surface area contributed by atoms with E-state index < -0.39 is 0 Å². The molecule has 0 aliphatic carbocycles. The van der Waals surface area contributed by atoms with Crippen molar-refractivity contribution in [2.45, 2.75) is 31.9 Å². The molecule has 90 valence electrons. The number of hydrogen-bond donors (Lipinski definition) is 2. The first-order valence-corrected chi connectivity index (χ1v) is 5.87. The number of ether oxygens (including phenoxy) is 1. The Morgan fingerprint density at radius 3 is 3.06 bits per heavy atom. The summed E-state index contributed by atoms with van der Waals surface area (Å²) < 4.78 is 5.50. The number of nitrogen functional groups attached to an aromatic ring is 1. The molecule has 1 aromatic rings. The Kier molecular flexibility index (Phi) is 3.50. The van der Waals surface area contributed by atoms with Crippen LogP contribution in [0, 0.1) is 11.3 Å². The molecule has 4 nitrogen and oxygen atoms in total. The third kappa shape index (κ3) is 2.89. The zero-order valence-electron chi connectivity index (χ0n) is 9.94. The average Bonchev–Trinajstić information content (AvgIpc) is 2.32. The lowest BCUT2D eigenvalue weighted by Crippen LogP contribution is -2.32. The molecule has 1 saturated heterocycles. The number of nitrogens with zero attached hydrogens (tertiary/aromatic N) is 1. The predicted octanol–water partition coefficient (Wildman–Crippen LogP) is 2.12. The molecule has 0 bridgehead atoms. The van der Waals surface area contributed by atoms with Crippen molar-refractivity contribution in [3.8, 4) is 6.07 Å². The first-order valence-electron chi connectivity index (χ1n) is 5.87. The van der Waals surface area contributed by atoms with E-state index >= 15 is 0 Å². The van der Waals surface area contributed by atoms with Gasteiger partial charge in [-0.05, 0) is 38.0 Å². The second-order valence-corrected chi connectivity index (χ2v) is 4.46. The van der Waals surface area contributed by atoms with Gasteiger partial charge in [0.25, 0.3) is 0 Å². The molecule has 17 heavy (non-hydrogen) atoms. The van der Waals surface area contributed by atoms with Gasteiger partial charge in [-0.3, -0.25) is 0 Å². The van der Waals surface area contributed by atoms with Gasteiger partial charge in [0.1, 0.15) is 0 Å². The normalized spacial score (nSPS) is 24.0. The van der Waals surface area contributed by atoms with Crippen LogP contribution in [0.3, 0.4) is 0 Å². The van der Waals surface area contributed by atoms with Gasteiger partial charge in [-0.15, -0.1) is 0 Å². The molecule has 1 aromatic carbocycles. The average molecular weight is 231 g/mol. The van der Waals surface area contributed by atoms with Crippen LogP contribution in [0.15, 0.2) is 18.2 Å². The Bertz CT molecular complexity index is 439. The third-order valence-electron chi connectivity index (χ3n) is 3.03. The molecule has 0 aromatic heterocycles. The van der Waals surface area contributed by atoms with Gasteiger partial charge >= 0.3 is 0 Å². The van der Waals surface area contributed by atoms with Gasteiger partial charge in [0, 0.05) is 12.6 Å². The number of nitriles is 1. The van der Waals surface area contributed by atoms with E-state index in [1.165, 1.54) is 0 Å². The summed E-state index contributed by atoms with van der Waals surface area (Å²) in [5, 5.41) is 12.3. The monoisotopic (exact) mass is 231 g/mol. The summed E-state index contributed by atoms with van der Waals surface area (Å²) in [6, 6.07) is 7.79. The molecule has 4 heteroatoms. The van der Waals surface area contributed by atoms with E-state index in [4.69, 9.17) is 15.7 Å². The van der Waals surface area contributed by atoms with Crippen LogP contribution in [-0.2, 0) is 4.74 Å². The first-order chi connectivity index (χ1) is 8.19. The highest BCUT2D eigenvalue weighted by Crippen LogP contribution is 2.24. The number of hydrogen-bond acceptors (Lipinski definition) is 4. The minimum atomic E-state index is 0.279. The zero-order valence-corrected chi connectivity index (χ0v) is 9.94. The Hall–Kier alpha value is -1.73. The summed E-state index contributed by atoms with van der Waals surface area (Å²) in [6.07, 6.45) is 2.22. The molecular weight excluding hydrogens is 214 g/mol. The van der Waals surface area contributed by atoms with E-state index in [9.17, 15) is 0 Å². The fourth-order valence-corrected chi connectivity index (χ4v) is 2.10. The summed E-state index contributed by atoms with van der Waals surface area (Å²) >= 11 is 0. The largest absolute Gasteiger partial charge is 0.397 e. The maximum Gasteiger partial charge on any atom is 0.0992 e. The summed E-state index contributed by atoms with van der Waals surface area (Å²) in [5.41, 5.74) is 8.05. The standard InChI is InChI=1S/C13H17N3O/c1-9-6-11(4-5-17-9)16-13-7-10(8-14)2-3-12(13)15/h2-3,7,9,11,16H,4-6,15H2,1H3. The van der Waals surface area contributed by atoms with E-state index in [0.717, 1.165) is 25.1 Å². The molecular formula is C13H17N3O. The second kappa shape index (κ2) is 5.07. The van der Waals surface area contributed by atoms with Crippen molar-refractivity contribution in [3.63, 3.8) is 0 Å². The van der Waals surface area contributed by atoms with E-state index in [1.807, 2.05) is 0 Å². The molecule has 0 amide bonds. The minimum Gasteiger partial charge on any atom is -0.397 e. The van der Waals surface area contributed by atoms with Gasteiger partial charge in [0.2, 0.25) is 0 Å². The van der Waals surface area contributed by atoms with Crippen LogP contribution in [-0.4, -0.2) is 18.8 Å². The highest BCUT2D eigenvalue weighted by molar-refractivity contribution is 5.68. The first kappa shape index (κ1) is 11.7. The van der Waals surface area contributed by atoms with E-state index in [-0.39, 0.29) is 6.10 Å². The number of rotatable bonds is 2. The smallest absolute Gasteiger partial charge is 0.0992 e. The van der Waals surface area contributed by atoms with Gasteiger partial charge in [-0.25, -0.2) is 0 Å². The fraction of sp³-hybridized carbons (Fsp3) is 0.462. The van der Waals surface area contributed by atoms with Crippen LogP contribution in [0.25, 0.3) is 0 Å². The van der Waals surface area contributed by atoms with Gasteiger partial charge in [0.15, 0.2) is 0 Å². The highest BCUT2D eigenvalue weighted by Gasteiger charge is 2.19. The maximum atomic E-state index is 8.86. The molecule has 3 N–H and O–H groups in total. The summed E-state index contributed by atoms with van der Waals surface area (Å²) in [7, 11) is 0. The van der Waals surface area contributed by atoms with Gasteiger partial charge in [0.05, 0.1) is 29.1 Å². The van der Waals surface area contributed by atoms with Gasteiger partial charge < -0.3 is 15.8 Å². The summed E-state index contributed by atoms with van der Waals surface area (Å²) in [6.45, 7) is 2.85. The van der Waals surface area contributed by atoms with Crippen LogP contribution >= 0.6 is 0 Å². The molecule has 1 fully saturated rings. The molecule has 1 heterocycles. The number of anilines is 2. The zero-order chi connectivity index (χ0) is 12.3. The van der Waals surface area contributed by atoms with Crippen LogP contribution in [0.5, 0.6) is 0 Å². The number of benzene rings is 1. The molecule has 0 saturated carbocycles. The lowest BCUT2D eigenvalue weighted by Gasteiger charge is -2.29. The van der Waals surface area contributed by atoms with Crippen molar-refractivity contribution < 1.29 is 4.74 Å². The van der Waals surface area contributed by atoms with Crippen LogP contribution in [0.4, 0.5) is 11.4 Å². The SMILES string of the molecule is CC1CC(Nc2cc(C#N)ccc2N)CCO1. The van der Waals surface area contributed by atoms with Crippen molar-refractivity contribution in [1.29, 1.82) is 5.26 Å².